The van der Waals surface area contributed by atoms with Gasteiger partial charge in [0.2, 0.25) is 0 Å². The molecule has 172 valence electrons. The molecule has 0 atom stereocenters. The van der Waals surface area contributed by atoms with Crippen molar-refractivity contribution >= 4 is 41.3 Å². The predicted molar refractivity (Wildman–Crippen MR) is 130 cm³/mol. The van der Waals surface area contributed by atoms with E-state index in [1.54, 1.807) is 16.8 Å². The minimum atomic E-state index is -4.44. The Hall–Kier alpha value is -2.41. The molecule has 3 rings (SSSR count). The summed E-state index contributed by atoms with van der Waals surface area (Å²) in [5, 5.41) is 7.41. The Kier molecular flexibility index (Phi) is 9.69. The molecule has 2 N–H and O–H groups in total. The van der Waals surface area contributed by atoms with Crippen LogP contribution in [0.4, 0.5) is 13.2 Å². The quantitative estimate of drug-likeness (QED) is 0.251. The van der Waals surface area contributed by atoms with E-state index in [0.29, 0.717) is 30.6 Å². The summed E-state index contributed by atoms with van der Waals surface area (Å²) in [6, 6.07) is 12.8. The van der Waals surface area contributed by atoms with Gasteiger partial charge in [-0.05, 0) is 24.1 Å². The van der Waals surface area contributed by atoms with Gasteiger partial charge in [-0.3, -0.25) is 4.79 Å². The number of hydrogen-bond donors (Lipinski definition) is 2. The summed E-state index contributed by atoms with van der Waals surface area (Å²) in [4.78, 5) is 19.9. The third-order valence-corrected chi connectivity index (χ3v) is 5.14. The summed E-state index contributed by atoms with van der Waals surface area (Å²) in [7, 11) is 0. The van der Waals surface area contributed by atoms with Gasteiger partial charge in [0.25, 0.3) is 5.56 Å². The molecule has 0 fully saturated rings. The first kappa shape index (κ1) is 25.8. The summed E-state index contributed by atoms with van der Waals surface area (Å²) >= 11 is 0.954. The Bertz CT molecular complexity index is 1080. The molecule has 0 saturated carbocycles. The minimum absolute atomic E-state index is 0. The third-order valence-electron chi connectivity index (χ3n) is 4.29. The highest BCUT2D eigenvalue weighted by Crippen LogP contribution is 2.29. The Balaban J connectivity index is 0.00000363. The van der Waals surface area contributed by atoms with Gasteiger partial charge in [-0.15, -0.1) is 35.3 Å². The molecular weight excluding hydrogens is 554 g/mol. The van der Waals surface area contributed by atoms with Crippen LogP contribution in [-0.2, 0) is 25.8 Å². The lowest BCUT2D eigenvalue weighted by Gasteiger charge is -2.10. The number of thiazole rings is 1. The fraction of sp³-hybridized carbons (Fsp3) is 0.286. The van der Waals surface area contributed by atoms with Crippen molar-refractivity contribution < 1.29 is 13.2 Å². The Morgan fingerprint density at radius 2 is 1.84 bits per heavy atom. The number of guanidine groups is 1. The van der Waals surface area contributed by atoms with E-state index in [-0.39, 0.29) is 36.1 Å². The standard InChI is InChI=1S/C21H22F3N5OS.HI/c1-2-25-20(27-12-18-28-17(14-31-18)21(22,23)24)26-11-15-6-8-16(9-7-15)13-29-10-4-3-5-19(29)30;/h3-10,14H,2,11-13H2,1H3,(H2,25,26,27);1H. The molecule has 0 unspecified atom stereocenters. The number of halogens is 4. The number of rotatable bonds is 7. The van der Waals surface area contributed by atoms with Crippen LogP contribution in [0.25, 0.3) is 0 Å². The monoisotopic (exact) mass is 577 g/mol. The predicted octanol–water partition coefficient (Wildman–Crippen LogP) is 4.25. The lowest BCUT2D eigenvalue weighted by atomic mass is 10.1. The largest absolute Gasteiger partial charge is 0.434 e. The van der Waals surface area contributed by atoms with Crippen LogP contribution < -0.4 is 16.2 Å². The van der Waals surface area contributed by atoms with Crippen LogP contribution in [0.15, 0.2) is 63.8 Å². The lowest BCUT2D eigenvalue weighted by molar-refractivity contribution is -0.140. The topological polar surface area (TPSA) is 71.3 Å². The van der Waals surface area contributed by atoms with E-state index in [1.165, 1.54) is 6.07 Å². The van der Waals surface area contributed by atoms with E-state index < -0.39 is 11.9 Å². The van der Waals surface area contributed by atoms with Crippen molar-refractivity contribution in [3.05, 3.63) is 86.2 Å². The number of benzene rings is 1. The normalized spacial score (nSPS) is 11.7. The molecule has 0 radical (unpaired) electrons. The number of pyridine rings is 1. The maximum atomic E-state index is 12.7. The maximum Gasteiger partial charge on any atom is 0.434 e. The van der Waals surface area contributed by atoms with Gasteiger partial charge in [0, 0.05) is 24.2 Å². The molecule has 0 amide bonds. The van der Waals surface area contributed by atoms with Gasteiger partial charge in [0.15, 0.2) is 11.7 Å². The first-order valence-corrected chi connectivity index (χ1v) is 10.5. The Labute approximate surface area is 204 Å². The van der Waals surface area contributed by atoms with Gasteiger partial charge in [0.05, 0.1) is 19.6 Å². The molecule has 11 heteroatoms. The van der Waals surface area contributed by atoms with Crippen LogP contribution in [0.1, 0.15) is 28.8 Å². The number of aliphatic imine (C=N–C) groups is 1. The second kappa shape index (κ2) is 12.0. The first-order chi connectivity index (χ1) is 14.8. The number of nitrogens with one attached hydrogen (secondary N) is 2. The average Bonchev–Trinajstić information content (AvgIpc) is 3.22. The van der Waals surface area contributed by atoms with Gasteiger partial charge < -0.3 is 15.2 Å². The van der Waals surface area contributed by atoms with Crippen molar-refractivity contribution in [2.24, 2.45) is 4.99 Å². The molecule has 0 saturated heterocycles. The highest BCUT2D eigenvalue weighted by molar-refractivity contribution is 14.0. The molecule has 6 nitrogen and oxygen atoms in total. The van der Waals surface area contributed by atoms with Crippen molar-refractivity contribution in [3.63, 3.8) is 0 Å². The highest BCUT2D eigenvalue weighted by atomic mass is 127. The summed E-state index contributed by atoms with van der Waals surface area (Å²) < 4.78 is 39.6. The smallest absolute Gasteiger partial charge is 0.357 e. The minimum Gasteiger partial charge on any atom is -0.357 e. The van der Waals surface area contributed by atoms with Crippen LogP contribution >= 0.6 is 35.3 Å². The molecule has 1 aromatic carbocycles. The highest BCUT2D eigenvalue weighted by Gasteiger charge is 2.33. The molecule has 3 aromatic rings. The molecule has 0 bridgehead atoms. The van der Waals surface area contributed by atoms with Crippen molar-refractivity contribution in [3.8, 4) is 0 Å². The zero-order valence-electron chi connectivity index (χ0n) is 17.2. The fourth-order valence-electron chi connectivity index (χ4n) is 2.73. The van der Waals surface area contributed by atoms with E-state index in [9.17, 15) is 18.0 Å². The van der Waals surface area contributed by atoms with Gasteiger partial charge >= 0.3 is 6.18 Å². The summed E-state index contributed by atoms with van der Waals surface area (Å²) in [6.07, 6.45) is -2.69. The van der Waals surface area contributed by atoms with E-state index in [1.807, 2.05) is 37.3 Å². The van der Waals surface area contributed by atoms with Crippen molar-refractivity contribution in [1.82, 2.24) is 20.2 Å². The van der Waals surface area contributed by atoms with E-state index in [0.717, 1.165) is 27.8 Å². The van der Waals surface area contributed by atoms with Crippen LogP contribution in [0.3, 0.4) is 0 Å². The van der Waals surface area contributed by atoms with Gasteiger partial charge in [-0.2, -0.15) is 13.2 Å². The molecule has 2 aromatic heterocycles. The third kappa shape index (κ3) is 7.62. The zero-order chi connectivity index (χ0) is 22.3. The Morgan fingerprint density at radius 1 is 1.12 bits per heavy atom. The van der Waals surface area contributed by atoms with Crippen molar-refractivity contribution in [1.29, 1.82) is 0 Å². The number of alkyl halides is 3. The van der Waals surface area contributed by atoms with E-state index >= 15 is 0 Å². The second-order valence-corrected chi connectivity index (χ2v) is 7.60. The zero-order valence-corrected chi connectivity index (χ0v) is 20.4. The van der Waals surface area contributed by atoms with E-state index in [4.69, 9.17) is 0 Å². The van der Waals surface area contributed by atoms with Gasteiger partial charge in [0.1, 0.15) is 5.01 Å². The summed E-state index contributed by atoms with van der Waals surface area (Å²) in [5.41, 5.74) is 1.03. The van der Waals surface area contributed by atoms with Crippen LogP contribution in [0.2, 0.25) is 0 Å². The van der Waals surface area contributed by atoms with Crippen LogP contribution in [0.5, 0.6) is 0 Å². The summed E-state index contributed by atoms with van der Waals surface area (Å²) in [5.74, 6) is 0.492. The molecule has 2 heterocycles. The van der Waals surface area contributed by atoms with Gasteiger partial charge in [-0.25, -0.2) is 9.98 Å². The number of aromatic nitrogens is 2. The molecule has 0 spiro atoms. The molecule has 32 heavy (non-hydrogen) atoms. The van der Waals surface area contributed by atoms with Crippen molar-refractivity contribution in [2.75, 3.05) is 6.54 Å². The van der Waals surface area contributed by atoms with E-state index in [2.05, 4.69) is 20.6 Å². The maximum absolute atomic E-state index is 12.7. The lowest BCUT2D eigenvalue weighted by Crippen LogP contribution is -2.36. The SMILES string of the molecule is CCNC(=NCc1ccc(Cn2ccccc2=O)cc1)NCc1nc(C(F)(F)F)cs1.I. The molecular formula is C21H23F3IN5OS. The molecule has 0 aliphatic carbocycles. The van der Waals surface area contributed by atoms with Crippen LogP contribution in [0, 0.1) is 0 Å². The van der Waals surface area contributed by atoms with Crippen molar-refractivity contribution in [2.45, 2.75) is 32.7 Å². The van der Waals surface area contributed by atoms with Gasteiger partial charge in [-0.1, -0.05) is 30.3 Å². The Morgan fingerprint density at radius 3 is 2.47 bits per heavy atom. The number of hydrogen-bond acceptors (Lipinski definition) is 4. The molecule has 0 aliphatic heterocycles. The number of nitrogens with zero attached hydrogens (tertiary/aromatic N) is 3. The average molecular weight is 577 g/mol. The van der Waals surface area contributed by atoms with Crippen LogP contribution in [-0.4, -0.2) is 22.1 Å². The first-order valence-electron chi connectivity index (χ1n) is 9.62. The fourth-order valence-corrected chi connectivity index (χ4v) is 3.47. The summed E-state index contributed by atoms with van der Waals surface area (Å²) in [6.45, 7) is 3.55. The molecule has 0 aliphatic rings. The second-order valence-electron chi connectivity index (χ2n) is 6.66.